The maximum Gasteiger partial charge on any atom is 0.191 e. The zero-order valence-corrected chi connectivity index (χ0v) is 19.4. The van der Waals surface area contributed by atoms with Crippen molar-refractivity contribution in [3.8, 4) is 11.5 Å². The summed E-state index contributed by atoms with van der Waals surface area (Å²) in [5.74, 6) is 3.31. The number of methoxy groups -OCH3 is 2. The summed E-state index contributed by atoms with van der Waals surface area (Å²) in [7, 11) is 5.29. The Morgan fingerprint density at radius 3 is 2.66 bits per heavy atom. The van der Waals surface area contributed by atoms with Gasteiger partial charge in [-0.3, -0.25) is 4.99 Å². The molecule has 2 fully saturated rings. The Balaban J connectivity index is 1.25. The third-order valence-electron chi connectivity index (χ3n) is 6.44. The van der Waals surface area contributed by atoms with Crippen LogP contribution in [0.4, 0.5) is 11.4 Å². The molecule has 2 aliphatic rings. The maximum absolute atomic E-state index is 5.54. The zero-order valence-electron chi connectivity index (χ0n) is 19.4. The molecule has 0 radical (unpaired) electrons. The molecule has 0 bridgehead atoms. The molecule has 7 nitrogen and oxygen atoms in total. The van der Waals surface area contributed by atoms with Crippen LogP contribution >= 0.6 is 0 Å². The minimum atomic E-state index is 0.364. The predicted molar refractivity (Wildman–Crippen MR) is 131 cm³/mol. The largest absolute Gasteiger partial charge is 0.497 e. The van der Waals surface area contributed by atoms with Gasteiger partial charge in [0.05, 0.1) is 19.9 Å². The summed E-state index contributed by atoms with van der Waals surface area (Å²) >= 11 is 0. The number of hydrogen-bond acceptors (Lipinski definition) is 5. The van der Waals surface area contributed by atoms with Gasteiger partial charge in [0.25, 0.3) is 0 Å². The monoisotopic (exact) mass is 437 g/mol. The molecule has 0 aromatic heterocycles. The van der Waals surface area contributed by atoms with E-state index in [1.165, 1.54) is 12.1 Å². The zero-order chi connectivity index (χ0) is 22.3. The molecular weight excluding hydrogens is 402 g/mol. The summed E-state index contributed by atoms with van der Waals surface area (Å²) in [5, 5.41) is 7.17. The van der Waals surface area contributed by atoms with Crippen LogP contribution in [0.3, 0.4) is 0 Å². The highest BCUT2D eigenvalue weighted by Crippen LogP contribution is 2.30. The summed E-state index contributed by atoms with van der Waals surface area (Å²) in [6, 6.07) is 16.9. The first-order valence-electron chi connectivity index (χ1n) is 11.4. The normalized spacial score (nSPS) is 21.0. The Hall–Kier alpha value is -3.09. The van der Waals surface area contributed by atoms with E-state index in [2.05, 4.69) is 55.8 Å². The van der Waals surface area contributed by atoms with Crippen LogP contribution in [0.5, 0.6) is 11.5 Å². The minimum Gasteiger partial charge on any atom is -0.497 e. The lowest BCUT2D eigenvalue weighted by molar-refractivity contribution is 0.414. The Morgan fingerprint density at radius 2 is 1.84 bits per heavy atom. The molecule has 0 saturated carbocycles. The molecule has 7 heteroatoms. The molecule has 4 rings (SSSR count). The van der Waals surface area contributed by atoms with Gasteiger partial charge in [0.2, 0.25) is 0 Å². The second-order valence-electron chi connectivity index (χ2n) is 8.50. The van der Waals surface area contributed by atoms with Crippen molar-refractivity contribution in [3.63, 3.8) is 0 Å². The van der Waals surface area contributed by atoms with E-state index in [1.807, 2.05) is 25.2 Å². The third kappa shape index (κ3) is 5.21. The van der Waals surface area contributed by atoms with E-state index in [9.17, 15) is 0 Å². The molecule has 2 aromatic carbocycles. The molecule has 0 amide bonds. The molecule has 2 aromatic rings. The number of hydrogen-bond donors (Lipinski definition) is 2. The second kappa shape index (κ2) is 10.5. The topological polar surface area (TPSA) is 61.4 Å². The van der Waals surface area contributed by atoms with E-state index in [0.717, 1.165) is 62.3 Å². The van der Waals surface area contributed by atoms with Crippen LogP contribution < -0.4 is 29.9 Å². The van der Waals surface area contributed by atoms with Gasteiger partial charge < -0.3 is 29.9 Å². The molecular formula is C25H35N5O2. The van der Waals surface area contributed by atoms with Crippen molar-refractivity contribution in [1.29, 1.82) is 0 Å². The van der Waals surface area contributed by atoms with Crippen LogP contribution in [0, 0.1) is 5.92 Å². The molecule has 0 aliphatic carbocycles. The van der Waals surface area contributed by atoms with Crippen LogP contribution in [-0.4, -0.2) is 66.0 Å². The number of ether oxygens (including phenoxy) is 2. The van der Waals surface area contributed by atoms with E-state index < -0.39 is 0 Å². The fourth-order valence-corrected chi connectivity index (χ4v) is 4.66. The predicted octanol–water partition coefficient (Wildman–Crippen LogP) is 2.97. The Kier molecular flexibility index (Phi) is 7.24. The molecule has 2 atom stereocenters. The number of nitrogens with zero attached hydrogens (tertiary/aromatic N) is 3. The van der Waals surface area contributed by atoms with Crippen molar-refractivity contribution in [3.05, 3.63) is 48.5 Å². The van der Waals surface area contributed by atoms with Crippen molar-refractivity contribution >= 4 is 17.3 Å². The highest BCUT2D eigenvalue weighted by atomic mass is 16.5. The lowest BCUT2D eigenvalue weighted by Gasteiger charge is -2.23. The van der Waals surface area contributed by atoms with Crippen LogP contribution in [0.2, 0.25) is 0 Å². The van der Waals surface area contributed by atoms with Gasteiger partial charge in [0.15, 0.2) is 5.96 Å². The lowest BCUT2D eigenvalue weighted by Crippen LogP contribution is -2.46. The summed E-state index contributed by atoms with van der Waals surface area (Å²) in [6.07, 6.45) is 2.25. The molecule has 0 spiro atoms. The second-order valence-corrected chi connectivity index (χ2v) is 8.50. The van der Waals surface area contributed by atoms with E-state index in [1.54, 1.807) is 14.2 Å². The molecule has 2 N–H and O–H groups in total. The van der Waals surface area contributed by atoms with Crippen molar-refractivity contribution in [1.82, 2.24) is 10.6 Å². The van der Waals surface area contributed by atoms with Gasteiger partial charge in [-0.1, -0.05) is 18.2 Å². The number of para-hydroxylation sites is 2. The third-order valence-corrected chi connectivity index (χ3v) is 6.44. The average molecular weight is 438 g/mol. The Labute approximate surface area is 191 Å². The van der Waals surface area contributed by atoms with E-state index in [-0.39, 0.29) is 0 Å². The van der Waals surface area contributed by atoms with Crippen LogP contribution in [0.15, 0.2) is 53.5 Å². The van der Waals surface area contributed by atoms with Gasteiger partial charge in [-0.2, -0.15) is 0 Å². The van der Waals surface area contributed by atoms with Gasteiger partial charge in [-0.25, -0.2) is 0 Å². The van der Waals surface area contributed by atoms with E-state index >= 15 is 0 Å². The molecule has 2 saturated heterocycles. The SMILES string of the molecule is CN=C(NCC1CCN(c2cccc(OC)c2)C1)NC1CCN(c2ccccc2OC)C1. The molecule has 32 heavy (non-hydrogen) atoms. The van der Waals surface area contributed by atoms with Crippen molar-refractivity contribution < 1.29 is 9.47 Å². The fraction of sp³-hybridized carbons (Fsp3) is 0.480. The lowest BCUT2D eigenvalue weighted by atomic mass is 10.1. The number of guanidine groups is 1. The van der Waals surface area contributed by atoms with Crippen molar-refractivity contribution in [2.75, 3.05) is 63.8 Å². The molecule has 2 heterocycles. The van der Waals surface area contributed by atoms with E-state index in [0.29, 0.717) is 12.0 Å². The number of benzene rings is 2. The standard InChI is InChI=1S/C25H35N5O2/c1-26-25(28-20-12-14-30(18-20)23-9-4-5-10-24(23)32-3)27-16-19-11-13-29(17-19)21-7-6-8-22(15-21)31-2/h4-10,15,19-20H,11-14,16-18H2,1-3H3,(H2,26,27,28). The minimum absolute atomic E-state index is 0.364. The Bertz CT molecular complexity index is 919. The van der Waals surface area contributed by atoms with Gasteiger partial charge in [0.1, 0.15) is 11.5 Å². The first-order chi connectivity index (χ1) is 15.7. The van der Waals surface area contributed by atoms with Gasteiger partial charge >= 0.3 is 0 Å². The van der Waals surface area contributed by atoms with Crippen LogP contribution in [-0.2, 0) is 0 Å². The van der Waals surface area contributed by atoms with Gasteiger partial charge in [0, 0.05) is 57.6 Å². The van der Waals surface area contributed by atoms with Crippen molar-refractivity contribution in [2.24, 2.45) is 10.9 Å². The first kappa shape index (κ1) is 22.1. The Morgan fingerprint density at radius 1 is 1.00 bits per heavy atom. The summed E-state index contributed by atoms with van der Waals surface area (Å²) in [4.78, 5) is 9.28. The number of anilines is 2. The molecule has 2 unspecified atom stereocenters. The highest BCUT2D eigenvalue weighted by molar-refractivity contribution is 5.80. The van der Waals surface area contributed by atoms with Gasteiger partial charge in [-0.05, 0) is 43.0 Å². The number of aliphatic imine (C=N–C) groups is 1. The highest BCUT2D eigenvalue weighted by Gasteiger charge is 2.26. The summed E-state index contributed by atoms with van der Waals surface area (Å²) in [5.41, 5.74) is 2.39. The smallest absolute Gasteiger partial charge is 0.191 e. The quantitative estimate of drug-likeness (QED) is 0.513. The van der Waals surface area contributed by atoms with Crippen LogP contribution in [0.1, 0.15) is 12.8 Å². The number of rotatable bonds is 7. The van der Waals surface area contributed by atoms with Crippen LogP contribution in [0.25, 0.3) is 0 Å². The first-order valence-corrected chi connectivity index (χ1v) is 11.4. The van der Waals surface area contributed by atoms with Crippen molar-refractivity contribution in [2.45, 2.75) is 18.9 Å². The molecule has 172 valence electrons. The average Bonchev–Trinajstić information content (AvgIpc) is 3.51. The number of nitrogens with one attached hydrogen (secondary N) is 2. The maximum atomic E-state index is 5.54. The summed E-state index contributed by atoms with van der Waals surface area (Å²) < 4.78 is 10.9. The van der Waals surface area contributed by atoms with Gasteiger partial charge in [-0.15, -0.1) is 0 Å². The molecule has 2 aliphatic heterocycles. The van der Waals surface area contributed by atoms with E-state index in [4.69, 9.17) is 9.47 Å². The fourth-order valence-electron chi connectivity index (χ4n) is 4.66. The summed E-state index contributed by atoms with van der Waals surface area (Å²) in [6.45, 7) is 4.98.